The monoisotopic (exact) mass is 748 g/mol. The van der Waals surface area contributed by atoms with Gasteiger partial charge in [0.05, 0.1) is 45.2 Å². The number of amides is 1. The Hall–Kier alpha value is -5.39. The number of Topliss-reactive ketones (excluding diaryl/α,β-unsaturated/α-hetero) is 1. The van der Waals surface area contributed by atoms with E-state index in [9.17, 15) is 19.2 Å². The summed E-state index contributed by atoms with van der Waals surface area (Å²) in [6.07, 6.45) is 1.87. The number of halogens is 2. The van der Waals surface area contributed by atoms with Crippen molar-refractivity contribution in [2.45, 2.75) is 37.8 Å². The minimum absolute atomic E-state index is 0.101. The number of rotatable bonds is 10. The Kier molecular flexibility index (Phi) is 10.4. The van der Waals surface area contributed by atoms with Gasteiger partial charge in [0.25, 0.3) is 5.91 Å². The van der Waals surface area contributed by atoms with E-state index in [2.05, 4.69) is 10.6 Å². The van der Waals surface area contributed by atoms with Gasteiger partial charge < -0.3 is 14.8 Å². The molecule has 0 saturated heterocycles. The molecule has 3 heterocycles. The van der Waals surface area contributed by atoms with E-state index in [1.807, 2.05) is 31.2 Å². The van der Waals surface area contributed by atoms with Gasteiger partial charge in [0.2, 0.25) is 0 Å². The summed E-state index contributed by atoms with van der Waals surface area (Å²) >= 11 is 12.7. The van der Waals surface area contributed by atoms with E-state index in [0.29, 0.717) is 50.6 Å². The predicted molar refractivity (Wildman–Crippen MR) is 202 cm³/mol. The lowest BCUT2D eigenvalue weighted by Gasteiger charge is -2.48. The highest BCUT2D eigenvalue weighted by Gasteiger charge is 2.56. The number of ether oxygens (including phenoxy) is 2. The Bertz CT molecular complexity index is 2230. The molecule has 4 aromatic carbocycles. The van der Waals surface area contributed by atoms with Gasteiger partial charge in [0.15, 0.2) is 5.78 Å². The molecule has 1 aromatic heterocycles. The summed E-state index contributed by atoms with van der Waals surface area (Å²) < 4.78 is 12.4. The molecule has 0 fully saturated rings. The van der Waals surface area contributed by atoms with Crippen molar-refractivity contribution in [3.8, 4) is 0 Å². The van der Waals surface area contributed by atoms with Crippen LogP contribution in [0.1, 0.15) is 56.8 Å². The molecule has 5 aromatic rings. The molecule has 53 heavy (non-hydrogen) atoms. The smallest absolute Gasteiger partial charge is 0.354 e. The second-order valence-electron chi connectivity index (χ2n) is 12.8. The molecule has 0 radical (unpaired) electrons. The Morgan fingerprint density at radius 2 is 1.49 bits per heavy atom. The zero-order valence-electron chi connectivity index (χ0n) is 28.6. The van der Waals surface area contributed by atoms with Crippen molar-refractivity contribution >= 4 is 63.4 Å². The number of hydrogen-bond acceptors (Lipinski definition) is 9. The molecular formula is C41H34Cl2N4O6. The van der Waals surface area contributed by atoms with Crippen molar-refractivity contribution < 1.29 is 28.7 Å². The van der Waals surface area contributed by atoms with Crippen molar-refractivity contribution in [2.75, 3.05) is 18.4 Å². The molecule has 1 spiro atoms. The highest BCUT2D eigenvalue weighted by molar-refractivity contribution is 6.42. The van der Waals surface area contributed by atoms with Gasteiger partial charge in [-0.05, 0) is 48.2 Å². The average molecular weight is 750 g/mol. The second-order valence-corrected chi connectivity index (χ2v) is 13.7. The fraction of sp³-hybridized carbons (Fsp3) is 0.195. The van der Waals surface area contributed by atoms with Crippen LogP contribution in [0.2, 0.25) is 10.0 Å². The number of anilines is 1. The van der Waals surface area contributed by atoms with Gasteiger partial charge in [-0.15, -0.1) is 0 Å². The molecule has 2 aliphatic heterocycles. The number of aromatic nitrogens is 1. The minimum atomic E-state index is -2.23. The molecule has 12 heteroatoms. The van der Waals surface area contributed by atoms with Crippen LogP contribution >= 0.6 is 23.2 Å². The Balaban J connectivity index is 1.39. The third kappa shape index (κ3) is 7.45. The van der Waals surface area contributed by atoms with Crippen LogP contribution in [0.25, 0.3) is 10.9 Å². The molecule has 0 bridgehead atoms. The number of nitrogens with one attached hydrogen (secondary N) is 2. The third-order valence-electron chi connectivity index (χ3n) is 9.42. The van der Waals surface area contributed by atoms with Gasteiger partial charge in [-0.25, -0.2) is 14.5 Å². The third-order valence-corrected chi connectivity index (χ3v) is 10.2. The van der Waals surface area contributed by atoms with Crippen LogP contribution < -0.4 is 10.6 Å². The molecule has 1 amide bonds. The molecule has 10 nitrogen and oxygen atoms in total. The van der Waals surface area contributed by atoms with Crippen molar-refractivity contribution in [3.63, 3.8) is 0 Å². The Morgan fingerprint density at radius 3 is 2.17 bits per heavy atom. The SMILES string of the molecule is CC(CC(NCC(=O)c1ccccc1)N1CCc2nc3ccccc3c(NC(=O)c3ccccc3)c2C12OC(=O)C=CC(=O)O2)c1ccc(Cl)c(Cl)c1. The summed E-state index contributed by atoms with van der Waals surface area (Å²) in [4.78, 5) is 61.0. The zero-order chi connectivity index (χ0) is 37.1. The maximum absolute atomic E-state index is 13.8. The summed E-state index contributed by atoms with van der Waals surface area (Å²) in [6, 6.07) is 30.1. The molecule has 7 rings (SSSR count). The van der Waals surface area contributed by atoms with Gasteiger partial charge >= 0.3 is 17.8 Å². The molecule has 0 saturated carbocycles. The standard InChI is InChI=1S/C41H34Cl2N4O6/c1-25(28-16-17-30(42)31(43)23-28)22-35(44-24-34(48)26-10-4-2-5-11-26)47-21-20-33-38(41(47)52-36(49)18-19-37(50)53-41)39(29-14-8-9-15-32(29)45-33)46-40(51)27-12-6-3-7-13-27/h2-19,23,25,35,44H,20-22,24H2,1H3,(H,45,46,51). The van der Waals surface area contributed by atoms with Crippen molar-refractivity contribution in [2.24, 2.45) is 0 Å². The van der Waals surface area contributed by atoms with E-state index in [1.165, 1.54) is 0 Å². The normalized spacial score (nSPS) is 16.3. The fourth-order valence-corrected chi connectivity index (χ4v) is 7.14. The number of nitrogens with zero attached hydrogens (tertiary/aromatic N) is 2. The summed E-state index contributed by atoms with van der Waals surface area (Å²) in [5, 5.41) is 7.78. The number of pyridine rings is 1. The number of ketones is 1. The fourth-order valence-electron chi connectivity index (χ4n) is 6.83. The number of para-hydroxylation sites is 1. The molecule has 2 atom stereocenters. The number of hydrogen-bond donors (Lipinski definition) is 2. The van der Waals surface area contributed by atoms with Crippen LogP contribution in [0, 0.1) is 0 Å². The Labute approximate surface area is 315 Å². The van der Waals surface area contributed by atoms with E-state index >= 15 is 0 Å². The molecule has 2 N–H and O–H groups in total. The van der Waals surface area contributed by atoms with Gasteiger partial charge in [-0.3, -0.25) is 19.9 Å². The van der Waals surface area contributed by atoms with Crippen LogP contribution in [0.15, 0.2) is 115 Å². The second kappa shape index (κ2) is 15.3. The molecule has 2 unspecified atom stereocenters. The highest BCUT2D eigenvalue weighted by atomic mass is 35.5. The van der Waals surface area contributed by atoms with E-state index in [4.69, 9.17) is 37.7 Å². The predicted octanol–water partition coefficient (Wildman–Crippen LogP) is 7.41. The molecule has 268 valence electrons. The first-order chi connectivity index (χ1) is 25.6. The lowest BCUT2D eigenvalue weighted by atomic mass is 9.91. The van der Waals surface area contributed by atoms with E-state index < -0.39 is 29.9 Å². The summed E-state index contributed by atoms with van der Waals surface area (Å²) in [5.41, 5.74) is 3.26. The highest BCUT2D eigenvalue weighted by Crippen LogP contribution is 2.47. The lowest BCUT2D eigenvalue weighted by molar-refractivity contribution is -0.306. The molecular weight excluding hydrogens is 715 g/mol. The van der Waals surface area contributed by atoms with Gasteiger partial charge in [0.1, 0.15) is 0 Å². The molecule has 2 aliphatic rings. The summed E-state index contributed by atoms with van der Waals surface area (Å²) in [7, 11) is 0. The van der Waals surface area contributed by atoms with Crippen LogP contribution in [0.5, 0.6) is 0 Å². The topological polar surface area (TPSA) is 127 Å². The summed E-state index contributed by atoms with van der Waals surface area (Å²) in [5.74, 6) is -4.74. The largest absolute Gasteiger partial charge is 0.401 e. The lowest BCUT2D eigenvalue weighted by Crippen LogP contribution is -2.63. The van der Waals surface area contributed by atoms with Gasteiger partial charge in [-0.2, -0.15) is 0 Å². The molecule has 0 aliphatic carbocycles. The van der Waals surface area contributed by atoms with Crippen molar-refractivity contribution in [1.82, 2.24) is 15.2 Å². The Morgan fingerprint density at radius 1 is 0.849 bits per heavy atom. The van der Waals surface area contributed by atoms with Crippen molar-refractivity contribution in [3.05, 3.63) is 153 Å². The van der Waals surface area contributed by atoms with E-state index in [1.54, 1.807) is 83.8 Å². The minimum Gasteiger partial charge on any atom is -0.401 e. The van der Waals surface area contributed by atoms with E-state index in [0.717, 1.165) is 17.7 Å². The number of fused-ring (bicyclic) bond motifs is 3. The first-order valence-electron chi connectivity index (χ1n) is 17.1. The van der Waals surface area contributed by atoms with Crippen LogP contribution in [0.3, 0.4) is 0 Å². The zero-order valence-corrected chi connectivity index (χ0v) is 30.1. The van der Waals surface area contributed by atoms with Crippen LogP contribution in [0.4, 0.5) is 5.69 Å². The maximum atomic E-state index is 13.8. The number of benzene rings is 4. The number of carbonyl (C=O) groups is 4. The van der Waals surface area contributed by atoms with Crippen LogP contribution in [-0.4, -0.2) is 52.8 Å². The summed E-state index contributed by atoms with van der Waals surface area (Å²) in [6.45, 7) is 2.07. The van der Waals surface area contributed by atoms with E-state index in [-0.39, 0.29) is 36.0 Å². The van der Waals surface area contributed by atoms with Gasteiger partial charge in [-0.1, -0.05) is 103 Å². The average Bonchev–Trinajstić information content (AvgIpc) is 3.32. The first-order valence-corrected chi connectivity index (χ1v) is 17.8. The van der Waals surface area contributed by atoms with Crippen molar-refractivity contribution in [1.29, 1.82) is 0 Å². The van der Waals surface area contributed by atoms with Crippen LogP contribution in [-0.2, 0) is 31.4 Å². The number of carbonyl (C=O) groups excluding carboxylic acids is 4. The first kappa shape index (κ1) is 36.0. The van der Waals surface area contributed by atoms with Gasteiger partial charge in [0, 0.05) is 41.6 Å². The maximum Gasteiger partial charge on any atom is 0.354 e. The quantitative estimate of drug-likeness (QED) is 0.111. The number of esters is 2.